The lowest BCUT2D eigenvalue weighted by atomic mass is 10.3. The number of ether oxygens (including phenoxy) is 2. The standard InChI is InChI=1S/C20H24N6O5S/c1-13(12-30-3)21-18-11-16(19(27)23-17-9-10-26(2)25-17)22-20(24-18)31-14-5-7-15(8-6-14)32(4,28)29/h5-11,13H,12H2,1-4H3,(H,21,22,24)(H,23,25,27). The molecule has 1 unspecified atom stereocenters. The molecule has 1 atom stereocenters. The van der Waals surface area contributed by atoms with Gasteiger partial charge in [-0.2, -0.15) is 15.1 Å². The van der Waals surface area contributed by atoms with Crippen molar-refractivity contribution in [2.45, 2.75) is 17.9 Å². The zero-order valence-corrected chi connectivity index (χ0v) is 18.9. The van der Waals surface area contributed by atoms with Gasteiger partial charge >= 0.3 is 6.01 Å². The molecule has 12 heteroatoms. The minimum atomic E-state index is -3.33. The summed E-state index contributed by atoms with van der Waals surface area (Å²) >= 11 is 0. The average molecular weight is 461 g/mol. The van der Waals surface area contributed by atoms with E-state index in [9.17, 15) is 13.2 Å². The lowest BCUT2D eigenvalue weighted by Gasteiger charge is -2.15. The monoisotopic (exact) mass is 460 g/mol. The van der Waals surface area contributed by atoms with Gasteiger partial charge < -0.3 is 20.1 Å². The number of methoxy groups -OCH3 is 1. The van der Waals surface area contributed by atoms with Gasteiger partial charge in [0.25, 0.3) is 5.91 Å². The first-order valence-electron chi connectivity index (χ1n) is 9.57. The Kier molecular flexibility index (Phi) is 7.05. The van der Waals surface area contributed by atoms with Crippen molar-refractivity contribution in [2.24, 2.45) is 7.05 Å². The van der Waals surface area contributed by atoms with E-state index < -0.39 is 15.7 Å². The van der Waals surface area contributed by atoms with Crippen LogP contribution >= 0.6 is 0 Å². The summed E-state index contributed by atoms with van der Waals surface area (Å²) in [6, 6.07) is 8.78. The van der Waals surface area contributed by atoms with Crippen molar-refractivity contribution >= 4 is 27.4 Å². The van der Waals surface area contributed by atoms with Crippen LogP contribution in [0, 0.1) is 0 Å². The zero-order chi connectivity index (χ0) is 23.3. The largest absolute Gasteiger partial charge is 0.424 e. The number of nitrogens with zero attached hydrogens (tertiary/aromatic N) is 4. The average Bonchev–Trinajstić information content (AvgIpc) is 3.12. The lowest BCUT2D eigenvalue weighted by molar-refractivity contribution is 0.102. The zero-order valence-electron chi connectivity index (χ0n) is 18.1. The fraction of sp³-hybridized carbons (Fsp3) is 0.300. The van der Waals surface area contributed by atoms with Gasteiger partial charge in [-0.15, -0.1) is 0 Å². The van der Waals surface area contributed by atoms with Crippen LogP contribution < -0.4 is 15.4 Å². The molecular weight excluding hydrogens is 436 g/mol. The van der Waals surface area contributed by atoms with Gasteiger partial charge in [-0.3, -0.25) is 9.48 Å². The number of aromatic nitrogens is 4. The van der Waals surface area contributed by atoms with Crippen LogP contribution in [0.15, 0.2) is 47.5 Å². The van der Waals surface area contributed by atoms with Crippen molar-refractivity contribution in [2.75, 3.05) is 30.6 Å². The Hall–Kier alpha value is -3.51. The number of carbonyl (C=O) groups excluding carboxylic acids is 1. The molecular formula is C20H24N6O5S. The normalized spacial score (nSPS) is 12.2. The van der Waals surface area contributed by atoms with Crippen LogP contribution in [-0.4, -0.2) is 60.1 Å². The van der Waals surface area contributed by atoms with Crippen molar-refractivity contribution in [1.29, 1.82) is 0 Å². The molecule has 3 aromatic rings. The first-order valence-corrected chi connectivity index (χ1v) is 11.5. The second kappa shape index (κ2) is 9.75. The van der Waals surface area contributed by atoms with Crippen LogP contribution in [0.3, 0.4) is 0 Å². The van der Waals surface area contributed by atoms with E-state index in [1.54, 1.807) is 31.1 Å². The number of benzene rings is 1. The lowest BCUT2D eigenvalue weighted by Crippen LogP contribution is -2.22. The van der Waals surface area contributed by atoms with Crippen molar-refractivity contribution in [1.82, 2.24) is 19.7 Å². The smallest absolute Gasteiger partial charge is 0.324 e. The highest BCUT2D eigenvalue weighted by atomic mass is 32.2. The van der Waals surface area contributed by atoms with E-state index in [4.69, 9.17) is 9.47 Å². The third-order valence-electron chi connectivity index (χ3n) is 4.17. The molecule has 32 heavy (non-hydrogen) atoms. The Morgan fingerprint density at radius 2 is 1.88 bits per heavy atom. The second-order valence-corrected chi connectivity index (χ2v) is 9.11. The summed E-state index contributed by atoms with van der Waals surface area (Å²) in [5.41, 5.74) is 0.0560. The maximum atomic E-state index is 12.7. The number of sulfone groups is 1. The van der Waals surface area contributed by atoms with E-state index in [0.29, 0.717) is 24.0 Å². The SMILES string of the molecule is COCC(C)Nc1cc(C(=O)Nc2ccn(C)n2)nc(Oc2ccc(S(C)(=O)=O)cc2)n1. The Morgan fingerprint density at radius 1 is 1.16 bits per heavy atom. The van der Waals surface area contributed by atoms with Gasteiger partial charge in [-0.25, -0.2) is 8.42 Å². The summed E-state index contributed by atoms with van der Waals surface area (Å²) in [6.45, 7) is 2.31. The number of rotatable bonds is 9. The molecule has 11 nitrogen and oxygen atoms in total. The number of amides is 1. The summed E-state index contributed by atoms with van der Waals surface area (Å²) in [4.78, 5) is 21.4. The van der Waals surface area contributed by atoms with Crippen LogP contribution in [0.4, 0.5) is 11.6 Å². The van der Waals surface area contributed by atoms with Crippen LogP contribution in [0.5, 0.6) is 11.8 Å². The van der Waals surface area contributed by atoms with Gasteiger partial charge in [0.15, 0.2) is 15.7 Å². The Balaban J connectivity index is 1.87. The van der Waals surface area contributed by atoms with Crippen molar-refractivity contribution in [3.8, 4) is 11.8 Å². The highest BCUT2D eigenvalue weighted by Gasteiger charge is 2.16. The van der Waals surface area contributed by atoms with Gasteiger partial charge in [0.05, 0.1) is 11.5 Å². The Labute approximate surface area is 185 Å². The molecule has 2 N–H and O–H groups in total. The van der Waals surface area contributed by atoms with Gasteiger partial charge in [0.2, 0.25) is 0 Å². The molecule has 0 bridgehead atoms. The molecule has 0 aliphatic rings. The molecule has 0 aliphatic heterocycles. The van der Waals surface area contributed by atoms with E-state index in [-0.39, 0.29) is 22.6 Å². The number of nitrogens with one attached hydrogen (secondary N) is 2. The molecule has 0 saturated heterocycles. The van der Waals surface area contributed by atoms with E-state index in [0.717, 1.165) is 6.26 Å². The van der Waals surface area contributed by atoms with Gasteiger partial charge in [0.1, 0.15) is 17.3 Å². The van der Waals surface area contributed by atoms with Gasteiger partial charge in [0, 0.05) is 44.8 Å². The molecule has 0 saturated carbocycles. The summed E-state index contributed by atoms with van der Waals surface area (Å²) in [5, 5.41) is 9.91. The minimum absolute atomic E-state index is 0.0560. The van der Waals surface area contributed by atoms with E-state index in [2.05, 4.69) is 25.7 Å². The van der Waals surface area contributed by atoms with Crippen LogP contribution in [-0.2, 0) is 21.6 Å². The summed E-state index contributed by atoms with van der Waals surface area (Å²) < 4.78 is 35.6. The molecule has 170 valence electrons. The molecule has 0 aliphatic carbocycles. The molecule has 0 spiro atoms. The van der Waals surface area contributed by atoms with Crippen LogP contribution in [0.2, 0.25) is 0 Å². The second-order valence-electron chi connectivity index (χ2n) is 7.10. The molecule has 3 rings (SSSR count). The fourth-order valence-electron chi connectivity index (χ4n) is 2.73. The number of anilines is 2. The van der Waals surface area contributed by atoms with Crippen molar-refractivity contribution in [3.63, 3.8) is 0 Å². The molecule has 2 heterocycles. The fourth-order valence-corrected chi connectivity index (χ4v) is 3.36. The maximum absolute atomic E-state index is 12.7. The van der Waals surface area contributed by atoms with Crippen LogP contribution in [0.25, 0.3) is 0 Å². The number of carbonyl (C=O) groups is 1. The first-order chi connectivity index (χ1) is 15.1. The maximum Gasteiger partial charge on any atom is 0.324 e. The summed E-state index contributed by atoms with van der Waals surface area (Å²) in [7, 11) is -0.0147. The number of hydrogen-bond acceptors (Lipinski definition) is 9. The van der Waals surface area contributed by atoms with E-state index in [1.807, 2.05) is 6.92 Å². The predicted molar refractivity (Wildman–Crippen MR) is 118 cm³/mol. The number of aryl methyl sites for hydroxylation is 1. The van der Waals surface area contributed by atoms with Gasteiger partial charge in [-0.1, -0.05) is 0 Å². The third-order valence-corrected chi connectivity index (χ3v) is 5.29. The number of hydrogen-bond donors (Lipinski definition) is 2. The molecule has 2 aromatic heterocycles. The van der Waals surface area contributed by atoms with Crippen molar-refractivity contribution < 1.29 is 22.7 Å². The highest BCUT2D eigenvalue weighted by molar-refractivity contribution is 7.90. The molecule has 1 amide bonds. The van der Waals surface area contributed by atoms with Crippen molar-refractivity contribution in [3.05, 3.63) is 48.3 Å². The van der Waals surface area contributed by atoms with Gasteiger partial charge in [-0.05, 0) is 31.2 Å². The van der Waals surface area contributed by atoms with E-state index >= 15 is 0 Å². The Bertz CT molecular complexity index is 1190. The first kappa shape index (κ1) is 23.2. The highest BCUT2D eigenvalue weighted by Crippen LogP contribution is 2.22. The summed E-state index contributed by atoms with van der Waals surface area (Å²) in [6.07, 6.45) is 2.82. The molecule has 0 fully saturated rings. The molecule has 0 radical (unpaired) electrons. The third kappa shape index (κ3) is 6.25. The minimum Gasteiger partial charge on any atom is -0.424 e. The van der Waals surface area contributed by atoms with Crippen LogP contribution in [0.1, 0.15) is 17.4 Å². The van der Waals surface area contributed by atoms with E-state index in [1.165, 1.54) is 30.3 Å². The molecule has 1 aromatic carbocycles. The summed E-state index contributed by atoms with van der Waals surface area (Å²) in [5.74, 6) is 0.553. The quantitative estimate of drug-likeness (QED) is 0.492. The topological polar surface area (TPSA) is 137 Å². The predicted octanol–water partition coefficient (Wildman–Crippen LogP) is 2.10. The Morgan fingerprint density at radius 3 is 2.47 bits per heavy atom.